The minimum atomic E-state index is -0.801. The normalized spacial score (nSPS) is 19.7. The molecule has 3 aromatic rings. The average molecular weight is 532 g/mol. The zero-order valence-electron chi connectivity index (χ0n) is 21.6. The van der Waals surface area contributed by atoms with Crippen LogP contribution in [-0.2, 0) is 9.59 Å². The van der Waals surface area contributed by atoms with Crippen LogP contribution in [0.3, 0.4) is 0 Å². The number of likely N-dealkylation sites (N-methyl/N-ethyl adjacent to an activating group) is 1. The minimum Gasteiger partial charge on any atom is -0.507 e. The molecule has 2 aliphatic heterocycles. The molecule has 2 heterocycles. The molecule has 0 saturated carbocycles. The summed E-state index contributed by atoms with van der Waals surface area (Å²) < 4.78 is 5.22. The van der Waals surface area contributed by atoms with Crippen LogP contribution in [0, 0.1) is 6.92 Å². The topological polar surface area (TPSA) is 73.3 Å². The van der Waals surface area contributed by atoms with Crippen molar-refractivity contribution < 1.29 is 19.4 Å². The molecule has 8 heteroatoms. The number of aryl methyl sites for hydroxylation is 1. The molecule has 0 aliphatic carbocycles. The van der Waals surface area contributed by atoms with Gasteiger partial charge in [0.2, 0.25) is 0 Å². The lowest BCUT2D eigenvalue weighted by atomic mass is 9.94. The van der Waals surface area contributed by atoms with Crippen molar-refractivity contribution in [3.8, 4) is 5.75 Å². The average Bonchev–Trinajstić information content (AvgIpc) is 3.19. The standard InChI is InChI=1S/C30H30ClN3O4/c1-19-5-4-6-20(17-19)27-26(28(35)21-7-12-25(38-3)24(31)18-21)29(36)30(37)34(27)23-10-8-22(9-11-23)33-15-13-32(2)14-16-33/h4-12,17-18,27,35H,13-16H2,1-3H3/b28-26-. The van der Waals surface area contributed by atoms with Crippen LogP contribution in [0.4, 0.5) is 11.4 Å². The second-order valence-corrected chi connectivity index (χ2v) is 10.1. The molecule has 196 valence electrons. The molecule has 1 N–H and O–H groups in total. The highest BCUT2D eigenvalue weighted by Crippen LogP contribution is 2.43. The summed E-state index contributed by atoms with van der Waals surface area (Å²) in [4.78, 5) is 33.0. The van der Waals surface area contributed by atoms with E-state index in [4.69, 9.17) is 16.3 Å². The Labute approximate surface area is 227 Å². The summed E-state index contributed by atoms with van der Waals surface area (Å²) in [6.07, 6.45) is 0. The van der Waals surface area contributed by atoms with Crippen molar-refractivity contribution in [2.24, 2.45) is 0 Å². The van der Waals surface area contributed by atoms with Crippen molar-refractivity contribution in [3.05, 3.63) is 94.0 Å². The molecule has 0 spiro atoms. The van der Waals surface area contributed by atoms with Gasteiger partial charge in [-0.05, 0) is 62.0 Å². The second-order valence-electron chi connectivity index (χ2n) is 9.74. The number of amides is 1. The van der Waals surface area contributed by atoms with Crippen molar-refractivity contribution in [2.45, 2.75) is 13.0 Å². The number of ketones is 1. The molecule has 0 radical (unpaired) electrons. The number of Topliss-reactive ketones (excluding diaryl/α,β-unsaturated/α-hetero) is 1. The Kier molecular flexibility index (Phi) is 7.15. The van der Waals surface area contributed by atoms with Crippen molar-refractivity contribution in [1.82, 2.24) is 4.90 Å². The van der Waals surface area contributed by atoms with E-state index in [1.54, 1.807) is 12.1 Å². The number of rotatable bonds is 5. The van der Waals surface area contributed by atoms with E-state index in [0.717, 1.165) is 43.0 Å². The van der Waals surface area contributed by atoms with Gasteiger partial charge < -0.3 is 19.6 Å². The van der Waals surface area contributed by atoms with E-state index in [1.807, 2.05) is 55.5 Å². The van der Waals surface area contributed by atoms with Crippen molar-refractivity contribution in [3.63, 3.8) is 0 Å². The maximum Gasteiger partial charge on any atom is 0.300 e. The number of hydrogen-bond donors (Lipinski definition) is 1. The lowest BCUT2D eigenvalue weighted by Crippen LogP contribution is -2.44. The van der Waals surface area contributed by atoms with Gasteiger partial charge in [0.15, 0.2) is 0 Å². The lowest BCUT2D eigenvalue weighted by Gasteiger charge is -2.34. The van der Waals surface area contributed by atoms with Crippen molar-refractivity contribution in [2.75, 3.05) is 50.1 Å². The van der Waals surface area contributed by atoms with E-state index >= 15 is 0 Å². The van der Waals surface area contributed by atoms with Gasteiger partial charge in [-0.3, -0.25) is 14.5 Å². The van der Waals surface area contributed by atoms with Crippen LogP contribution in [0.25, 0.3) is 5.76 Å². The van der Waals surface area contributed by atoms with Crippen molar-refractivity contribution >= 4 is 40.4 Å². The van der Waals surface area contributed by atoms with Gasteiger partial charge in [-0.15, -0.1) is 0 Å². The van der Waals surface area contributed by atoms with Crippen LogP contribution in [-0.4, -0.2) is 62.0 Å². The highest BCUT2D eigenvalue weighted by Gasteiger charge is 2.47. The number of nitrogens with zero attached hydrogens (tertiary/aromatic N) is 3. The van der Waals surface area contributed by atoms with E-state index in [0.29, 0.717) is 17.0 Å². The molecule has 38 heavy (non-hydrogen) atoms. The van der Waals surface area contributed by atoms with E-state index in [2.05, 4.69) is 16.8 Å². The predicted molar refractivity (Wildman–Crippen MR) is 150 cm³/mol. The zero-order valence-corrected chi connectivity index (χ0v) is 22.4. The number of carbonyl (C=O) groups is 2. The maximum absolute atomic E-state index is 13.5. The van der Waals surface area contributed by atoms with E-state index in [1.165, 1.54) is 18.1 Å². The minimum absolute atomic E-state index is 0.0185. The Hall–Kier alpha value is -3.81. The summed E-state index contributed by atoms with van der Waals surface area (Å²) >= 11 is 6.30. The fourth-order valence-electron chi connectivity index (χ4n) is 5.11. The van der Waals surface area contributed by atoms with Gasteiger partial charge in [0.05, 0.1) is 23.7 Å². The molecule has 1 amide bonds. The summed E-state index contributed by atoms with van der Waals surface area (Å²) in [5.41, 5.74) is 3.71. The van der Waals surface area contributed by atoms with Crippen LogP contribution in [0.1, 0.15) is 22.7 Å². The quantitative estimate of drug-likeness (QED) is 0.283. The number of benzene rings is 3. The number of methoxy groups -OCH3 is 1. The fraction of sp³-hybridized carbons (Fsp3) is 0.267. The molecule has 2 aliphatic rings. The van der Waals surface area contributed by atoms with Gasteiger partial charge in [-0.2, -0.15) is 0 Å². The first-order valence-electron chi connectivity index (χ1n) is 12.5. The fourth-order valence-corrected chi connectivity index (χ4v) is 5.37. The van der Waals surface area contributed by atoms with E-state index in [-0.39, 0.29) is 16.4 Å². The maximum atomic E-state index is 13.5. The van der Waals surface area contributed by atoms with Crippen molar-refractivity contribution in [1.29, 1.82) is 0 Å². The summed E-state index contributed by atoms with van der Waals surface area (Å²) in [5, 5.41) is 11.7. The van der Waals surface area contributed by atoms with Gasteiger partial charge >= 0.3 is 0 Å². The number of aliphatic hydroxyl groups excluding tert-OH is 1. The second kappa shape index (κ2) is 10.5. The van der Waals surface area contributed by atoms with Gasteiger partial charge in [0, 0.05) is 43.1 Å². The largest absolute Gasteiger partial charge is 0.507 e. The Morgan fingerprint density at radius 1 is 0.947 bits per heavy atom. The first kappa shape index (κ1) is 25.8. The number of carbonyl (C=O) groups excluding carboxylic acids is 2. The highest BCUT2D eigenvalue weighted by atomic mass is 35.5. The third-order valence-corrected chi connectivity index (χ3v) is 7.52. The Bertz CT molecular complexity index is 1410. The van der Waals surface area contributed by atoms with Gasteiger partial charge in [-0.1, -0.05) is 41.4 Å². The molecular weight excluding hydrogens is 502 g/mol. The molecule has 0 aromatic heterocycles. The molecule has 2 fully saturated rings. The molecule has 0 bridgehead atoms. The molecular formula is C30H30ClN3O4. The zero-order chi connectivity index (χ0) is 27.0. The Balaban J connectivity index is 1.59. The summed E-state index contributed by atoms with van der Waals surface area (Å²) in [6, 6.07) is 19.3. The van der Waals surface area contributed by atoms with E-state index in [9.17, 15) is 14.7 Å². The van der Waals surface area contributed by atoms with Crippen LogP contribution in [0.15, 0.2) is 72.3 Å². The Morgan fingerprint density at radius 2 is 1.63 bits per heavy atom. The van der Waals surface area contributed by atoms with Crippen LogP contribution >= 0.6 is 11.6 Å². The number of aliphatic hydroxyl groups is 1. The SMILES string of the molecule is COc1ccc(/C(O)=C2/C(=O)C(=O)N(c3ccc(N4CCN(C)CC4)cc3)C2c2cccc(C)c2)cc1Cl. The third kappa shape index (κ3) is 4.75. The van der Waals surface area contributed by atoms with E-state index < -0.39 is 17.7 Å². The molecule has 2 saturated heterocycles. The van der Waals surface area contributed by atoms with Crippen LogP contribution in [0.5, 0.6) is 5.75 Å². The number of hydrogen-bond acceptors (Lipinski definition) is 6. The number of halogens is 1. The molecule has 1 unspecified atom stereocenters. The number of piperazine rings is 1. The first-order chi connectivity index (χ1) is 18.3. The molecule has 3 aromatic carbocycles. The van der Waals surface area contributed by atoms with Gasteiger partial charge in [-0.25, -0.2) is 0 Å². The molecule has 1 atom stereocenters. The number of ether oxygens (including phenoxy) is 1. The molecule has 7 nitrogen and oxygen atoms in total. The summed E-state index contributed by atoms with van der Waals surface area (Å²) in [6.45, 7) is 5.77. The van der Waals surface area contributed by atoms with Gasteiger partial charge in [0.25, 0.3) is 11.7 Å². The Morgan fingerprint density at radius 3 is 2.26 bits per heavy atom. The van der Waals surface area contributed by atoms with Gasteiger partial charge in [0.1, 0.15) is 11.5 Å². The monoisotopic (exact) mass is 531 g/mol. The number of anilines is 2. The van der Waals surface area contributed by atoms with Crippen LogP contribution < -0.4 is 14.5 Å². The first-order valence-corrected chi connectivity index (χ1v) is 12.9. The highest BCUT2D eigenvalue weighted by molar-refractivity contribution is 6.51. The third-order valence-electron chi connectivity index (χ3n) is 7.22. The summed E-state index contributed by atoms with van der Waals surface area (Å²) in [5.74, 6) is -1.27. The predicted octanol–water partition coefficient (Wildman–Crippen LogP) is 5.04. The lowest BCUT2D eigenvalue weighted by molar-refractivity contribution is -0.132. The van der Waals surface area contributed by atoms with Crippen LogP contribution in [0.2, 0.25) is 5.02 Å². The smallest absolute Gasteiger partial charge is 0.300 e. The molecule has 5 rings (SSSR count). The summed E-state index contributed by atoms with van der Waals surface area (Å²) in [7, 11) is 3.61.